The summed E-state index contributed by atoms with van der Waals surface area (Å²) in [6, 6.07) is 0. The van der Waals surface area contributed by atoms with E-state index in [0.29, 0.717) is 0 Å². The second-order valence-corrected chi connectivity index (χ2v) is 14.1. The van der Waals surface area contributed by atoms with E-state index in [-0.39, 0.29) is 9.60 Å². The van der Waals surface area contributed by atoms with Crippen molar-refractivity contribution >= 4 is 27.7 Å². The minimum atomic E-state index is -1.58. The van der Waals surface area contributed by atoms with Crippen LogP contribution >= 0.6 is 0 Å². The van der Waals surface area contributed by atoms with Gasteiger partial charge in [0.1, 0.15) is 0 Å². The predicted octanol–water partition coefficient (Wildman–Crippen LogP) is 1.40. The number of esters is 1. The molecule has 0 heterocycles. The number of hydrogen-bond acceptors (Lipinski definition) is 3. The van der Waals surface area contributed by atoms with Crippen LogP contribution in [0.3, 0.4) is 0 Å². The molecule has 0 radical (unpaired) electrons. The standard InChI is InChI=1S/C5H9O3.C2H5.CH3.Bi/c1-3-5(7)8-4(2)6;1-2;;/h3-4,6H,1-2H3;1H2,2H3;1H3;. The molecular weight excluding hydrogens is 353 g/mol. The second-order valence-electron chi connectivity index (χ2n) is 2.79. The number of rotatable bonds is 4. The Balaban J connectivity index is 3.92. The number of aliphatic hydroxyl groups is 1. The van der Waals surface area contributed by atoms with Gasteiger partial charge in [-0.25, -0.2) is 0 Å². The number of ether oxygens (including phenoxy) is 1. The van der Waals surface area contributed by atoms with E-state index in [0.717, 1.165) is 4.13 Å². The van der Waals surface area contributed by atoms with E-state index in [1.807, 2.05) is 6.92 Å². The van der Waals surface area contributed by atoms with Gasteiger partial charge in [-0.3, -0.25) is 0 Å². The summed E-state index contributed by atoms with van der Waals surface area (Å²) in [6.07, 6.45) is -0.964. The first-order valence-corrected chi connectivity index (χ1v) is 12.0. The maximum atomic E-state index is 11.2. The molecule has 0 aliphatic carbocycles. The maximum absolute atomic E-state index is 11.2. The van der Waals surface area contributed by atoms with Gasteiger partial charge < -0.3 is 0 Å². The summed E-state index contributed by atoms with van der Waals surface area (Å²) < 4.78 is 8.11. The fraction of sp³-hybridized carbons (Fsp3) is 0.875. The van der Waals surface area contributed by atoms with Gasteiger partial charge in [0, 0.05) is 0 Å². The van der Waals surface area contributed by atoms with E-state index < -0.39 is 28.0 Å². The van der Waals surface area contributed by atoms with Crippen molar-refractivity contribution in [1.82, 2.24) is 0 Å². The van der Waals surface area contributed by atoms with Gasteiger partial charge in [-0.05, 0) is 0 Å². The van der Waals surface area contributed by atoms with E-state index in [4.69, 9.17) is 9.84 Å². The zero-order valence-corrected chi connectivity index (χ0v) is 11.5. The first-order valence-electron chi connectivity index (χ1n) is 4.07. The van der Waals surface area contributed by atoms with Crippen molar-refractivity contribution < 1.29 is 14.6 Å². The predicted molar refractivity (Wildman–Crippen MR) is 49.3 cm³/mol. The van der Waals surface area contributed by atoms with Crippen molar-refractivity contribution in [3.8, 4) is 0 Å². The molecule has 4 heteroatoms. The van der Waals surface area contributed by atoms with E-state index in [9.17, 15) is 4.79 Å². The Labute approximate surface area is 81.8 Å². The van der Waals surface area contributed by atoms with Crippen LogP contribution in [-0.2, 0) is 9.53 Å². The molecule has 0 saturated heterocycles. The van der Waals surface area contributed by atoms with Crippen LogP contribution in [-0.4, -0.2) is 39.1 Å². The molecular formula is C8H17BiO3. The van der Waals surface area contributed by atoms with Crippen LogP contribution in [0.5, 0.6) is 0 Å². The van der Waals surface area contributed by atoms with Gasteiger partial charge in [0.15, 0.2) is 0 Å². The van der Waals surface area contributed by atoms with Gasteiger partial charge >= 0.3 is 81.8 Å². The third-order valence-corrected chi connectivity index (χ3v) is 11.6. The molecule has 2 unspecified atom stereocenters. The van der Waals surface area contributed by atoms with Crippen molar-refractivity contribution in [2.45, 2.75) is 39.4 Å². The SMILES string of the molecule is C[CH2][Bi]([CH3])[CH](C)C(=O)OC(C)O. The number of carbonyl (C=O) groups is 1. The van der Waals surface area contributed by atoms with Gasteiger partial charge in [-0.15, -0.1) is 0 Å². The Morgan fingerprint density at radius 1 is 1.58 bits per heavy atom. The average molecular weight is 370 g/mol. The van der Waals surface area contributed by atoms with Crippen LogP contribution in [0.4, 0.5) is 0 Å². The summed E-state index contributed by atoms with van der Waals surface area (Å²) in [5.74, 6) is -0.230. The van der Waals surface area contributed by atoms with E-state index >= 15 is 0 Å². The summed E-state index contributed by atoms with van der Waals surface area (Å²) in [4.78, 5) is 11.2. The number of aliphatic hydroxyl groups excluding tert-OH is 1. The molecule has 0 aliphatic heterocycles. The van der Waals surface area contributed by atoms with Crippen molar-refractivity contribution in [3.05, 3.63) is 0 Å². The topological polar surface area (TPSA) is 46.5 Å². The summed E-state index contributed by atoms with van der Waals surface area (Å²) in [5, 5.41) is 8.81. The fourth-order valence-corrected chi connectivity index (χ4v) is 4.49. The van der Waals surface area contributed by atoms with Gasteiger partial charge in [0.25, 0.3) is 0 Å². The third kappa shape index (κ3) is 4.37. The Kier molecular flexibility index (Phi) is 6.03. The molecule has 72 valence electrons. The quantitative estimate of drug-likeness (QED) is 0.463. The van der Waals surface area contributed by atoms with E-state index in [1.54, 1.807) is 0 Å². The van der Waals surface area contributed by atoms with Gasteiger partial charge in [-0.2, -0.15) is 0 Å². The van der Waals surface area contributed by atoms with Gasteiger partial charge in [0.05, 0.1) is 0 Å². The summed E-state index contributed by atoms with van der Waals surface area (Å²) in [7, 11) is 0. The molecule has 0 rings (SSSR count). The number of carbonyl (C=O) groups excluding carboxylic acids is 1. The van der Waals surface area contributed by atoms with Gasteiger partial charge in [-0.1, -0.05) is 0 Å². The van der Waals surface area contributed by atoms with Crippen molar-refractivity contribution in [1.29, 1.82) is 0 Å². The summed E-state index contributed by atoms with van der Waals surface area (Å²) >= 11 is -1.58. The molecule has 1 N–H and O–H groups in total. The molecule has 12 heavy (non-hydrogen) atoms. The summed E-state index contributed by atoms with van der Waals surface area (Å²) in [6.45, 7) is 5.48. The molecule has 0 bridgehead atoms. The molecule has 0 saturated carbocycles. The van der Waals surface area contributed by atoms with E-state index in [1.165, 1.54) is 6.92 Å². The molecule has 0 aromatic carbocycles. The molecule has 3 nitrogen and oxygen atoms in total. The zero-order valence-electron chi connectivity index (χ0n) is 8.07. The van der Waals surface area contributed by atoms with Crippen LogP contribution in [0.15, 0.2) is 0 Å². The van der Waals surface area contributed by atoms with Crippen LogP contribution in [0, 0.1) is 0 Å². The summed E-state index contributed by atoms with van der Waals surface area (Å²) in [5.41, 5.74) is 0. The molecule has 0 amide bonds. The second kappa shape index (κ2) is 5.87. The molecule has 0 aromatic heterocycles. The Morgan fingerprint density at radius 3 is 2.42 bits per heavy atom. The normalized spacial score (nSPS) is 15.8. The Hall–Kier alpha value is 0.313. The Bertz CT molecular complexity index is 147. The van der Waals surface area contributed by atoms with Crippen LogP contribution in [0.2, 0.25) is 12.4 Å². The zero-order chi connectivity index (χ0) is 9.72. The first-order chi connectivity index (χ1) is 5.49. The van der Waals surface area contributed by atoms with Crippen molar-refractivity contribution in [2.24, 2.45) is 0 Å². The monoisotopic (exact) mass is 370 g/mol. The average Bonchev–Trinajstić information content (AvgIpc) is 2.00. The third-order valence-electron chi connectivity index (χ3n) is 1.79. The minimum absolute atomic E-state index is 0.0691. The molecule has 0 fully saturated rings. The van der Waals surface area contributed by atoms with Crippen LogP contribution < -0.4 is 0 Å². The molecule has 0 aliphatic rings. The molecule has 0 aromatic rings. The van der Waals surface area contributed by atoms with E-state index in [2.05, 4.69) is 11.6 Å². The van der Waals surface area contributed by atoms with Crippen LogP contribution in [0.25, 0.3) is 0 Å². The van der Waals surface area contributed by atoms with Crippen molar-refractivity contribution in [3.63, 3.8) is 0 Å². The Morgan fingerprint density at radius 2 is 2.08 bits per heavy atom. The van der Waals surface area contributed by atoms with Gasteiger partial charge in [0.2, 0.25) is 0 Å². The first kappa shape index (κ1) is 12.3. The van der Waals surface area contributed by atoms with Crippen LogP contribution in [0.1, 0.15) is 20.8 Å². The molecule has 2 atom stereocenters. The molecule has 0 spiro atoms. The number of hydrogen-bond donors (Lipinski definition) is 1. The van der Waals surface area contributed by atoms with Crippen molar-refractivity contribution in [2.75, 3.05) is 0 Å². The fourth-order valence-electron chi connectivity index (χ4n) is 0.720.